The van der Waals surface area contributed by atoms with E-state index in [1.54, 1.807) is 7.05 Å². The fraction of sp³-hybridized carbons (Fsp3) is 1.00. The molecule has 3 nitrogen and oxygen atoms in total. The zero-order valence-corrected chi connectivity index (χ0v) is 11.7. The van der Waals surface area contributed by atoms with Crippen LogP contribution in [0.2, 0.25) is 0 Å². The van der Waals surface area contributed by atoms with Crippen molar-refractivity contribution in [2.75, 3.05) is 19.3 Å². The van der Waals surface area contributed by atoms with E-state index in [9.17, 15) is 8.42 Å². The number of hydrogen-bond acceptors (Lipinski definition) is 2. The standard InChI is InChI=1S/C11H22ClNO2S/c1-10(12)8-13(2)16(14,15)9-11-6-4-3-5-7-11/h10-11H,3-9H2,1-2H3. The minimum Gasteiger partial charge on any atom is -0.212 e. The van der Waals surface area contributed by atoms with Gasteiger partial charge in [0.1, 0.15) is 0 Å². The first-order valence-corrected chi connectivity index (χ1v) is 8.04. The van der Waals surface area contributed by atoms with Gasteiger partial charge in [0, 0.05) is 19.0 Å². The van der Waals surface area contributed by atoms with Crippen LogP contribution in [0.1, 0.15) is 39.0 Å². The number of hydrogen-bond donors (Lipinski definition) is 0. The highest BCUT2D eigenvalue weighted by Gasteiger charge is 2.25. The molecular formula is C11H22ClNO2S. The van der Waals surface area contributed by atoms with Crippen molar-refractivity contribution in [1.82, 2.24) is 4.31 Å². The Labute approximate surface area is 104 Å². The van der Waals surface area contributed by atoms with Crippen LogP contribution in [0.5, 0.6) is 0 Å². The Bertz CT molecular complexity index is 297. The molecule has 96 valence electrons. The fourth-order valence-corrected chi connectivity index (χ4v) is 4.17. The molecule has 0 radical (unpaired) electrons. The van der Waals surface area contributed by atoms with E-state index in [2.05, 4.69) is 0 Å². The molecule has 0 aliphatic heterocycles. The maximum Gasteiger partial charge on any atom is 0.214 e. The summed E-state index contributed by atoms with van der Waals surface area (Å²) in [4.78, 5) is 0. The lowest BCUT2D eigenvalue weighted by atomic mass is 9.91. The van der Waals surface area contributed by atoms with Crippen molar-refractivity contribution in [3.63, 3.8) is 0 Å². The predicted octanol–water partition coefficient (Wildman–Crippen LogP) is 2.46. The smallest absolute Gasteiger partial charge is 0.212 e. The SMILES string of the molecule is CC(Cl)CN(C)S(=O)(=O)CC1CCCCC1. The van der Waals surface area contributed by atoms with E-state index >= 15 is 0 Å². The highest BCUT2D eigenvalue weighted by molar-refractivity contribution is 7.89. The van der Waals surface area contributed by atoms with Crippen molar-refractivity contribution < 1.29 is 8.42 Å². The minimum absolute atomic E-state index is 0.133. The van der Waals surface area contributed by atoms with Crippen LogP contribution in [0, 0.1) is 5.92 Å². The van der Waals surface area contributed by atoms with Gasteiger partial charge in [-0.25, -0.2) is 12.7 Å². The molecular weight excluding hydrogens is 246 g/mol. The molecule has 1 aliphatic rings. The number of sulfonamides is 1. The molecule has 0 aromatic carbocycles. The second kappa shape index (κ2) is 6.22. The van der Waals surface area contributed by atoms with E-state index < -0.39 is 10.0 Å². The van der Waals surface area contributed by atoms with Gasteiger partial charge in [-0.2, -0.15) is 0 Å². The van der Waals surface area contributed by atoms with E-state index in [-0.39, 0.29) is 5.38 Å². The monoisotopic (exact) mass is 267 g/mol. The second-order valence-corrected chi connectivity index (χ2v) is 7.71. The first-order chi connectivity index (χ1) is 7.42. The molecule has 1 fully saturated rings. The molecule has 0 amide bonds. The van der Waals surface area contributed by atoms with Gasteiger partial charge in [-0.1, -0.05) is 19.3 Å². The van der Waals surface area contributed by atoms with E-state index in [1.165, 1.54) is 23.6 Å². The zero-order valence-electron chi connectivity index (χ0n) is 10.2. The molecule has 0 saturated heterocycles. The van der Waals surface area contributed by atoms with Crippen LogP contribution in [0.3, 0.4) is 0 Å². The normalized spacial score (nSPS) is 21.2. The summed E-state index contributed by atoms with van der Waals surface area (Å²) in [6.07, 6.45) is 5.73. The number of nitrogens with zero attached hydrogens (tertiary/aromatic N) is 1. The number of rotatable bonds is 5. The third kappa shape index (κ3) is 4.60. The molecule has 0 N–H and O–H groups in total. The lowest BCUT2D eigenvalue weighted by molar-refractivity contribution is 0.375. The van der Waals surface area contributed by atoms with Gasteiger partial charge < -0.3 is 0 Å². The van der Waals surface area contributed by atoms with Crippen LogP contribution in [-0.4, -0.2) is 37.4 Å². The van der Waals surface area contributed by atoms with Crippen LogP contribution in [-0.2, 0) is 10.0 Å². The van der Waals surface area contributed by atoms with Gasteiger partial charge in [0.05, 0.1) is 5.75 Å². The molecule has 0 bridgehead atoms. The Kier molecular flexibility index (Phi) is 5.54. The van der Waals surface area contributed by atoms with Crippen molar-refractivity contribution in [1.29, 1.82) is 0 Å². The van der Waals surface area contributed by atoms with Crippen molar-refractivity contribution in [3.8, 4) is 0 Å². The van der Waals surface area contributed by atoms with Gasteiger partial charge in [0.25, 0.3) is 0 Å². The lowest BCUT2D eigenvalue weighted by Crippen LogP contribution is -2.35. The number of alkyl halides is 1. The Hall–Kier alpha value is 0.200. The third-order valence-electron chi connectivity index (χ3n) is 3.15. The molecule has 0 aromatic heterocycles. The van der Waals surface area contributed by atoms with Crippen LogP contribution in [0.15, 0.2) is 0 Å². The van der Waals surface area contributed by atoms with Gasteiger partial charge in [-0.15, -0.1) is 11.6 Å². The van der Waals surface area contributed by atoms with E-state index in [0.717, 1.165) is 12.8 Å². The summed E-state index contributed by atoms with van der Waals surface area (Å²) < 4.78 is 25.4. The largest absolute Gasteiger partial charge is 0.214 e. The molecule has 5 heteroatoms. The van der Waals surface area contributed by atoms with Gasteiger partial charge >= 0.3 is 0 Å². The van der Waals surface area contributed by atoms with Gasteiger partial charge in [-0.05, 0) is 25.7 Å². The summed E-state index contributed by atoms with van der Waals surface area (Å²) in [6.45, 7) is 2.21. The minimum atomic E-state index is -3.11. The van der Waals surface area contributed by atoms with Crippen LogP contribution in [0.25, 0.3) is 0 Å². The van der Waals surface area contributed by atoms with Crippen molar-refractivity contribution in [2.24, 2.45) is 5.92 Å². The molecule has 0 heterocycles. The number of halogens is 1. The van der Waals surface area contributed by atoms with Crippen LogP contribution < -0.4 is 0 Å². The predicted molar refractivity (Wildman–Crippen MR) is 68.3 cm³/mol. The topological polar surface area (TPSA) is 37.4 Å². The summed E-state index contributed by atoms with van der Waals surface area (Å²) in [5.74, 6) is 0.652. The summed E-state index contributed by atoms with van der Waals surface area (Å²) in [7, 11) is -1.48. The average Bonchev–Trinajstić information content (AvgIpc) is 2.17. The Morgan fingerprint density at radius 2 is 1.88 bits per heavy atom. The summed E-state index contributed by atoms with van der Waals surface area (Å²) >= 11 is 5.82. The van der Waals surface area contributed by atoms with E-state index in [1.807, 2.05) is 6.92 Å². The van der Waals surface area contributed by atoms with Gasteiger partial charge in [-0.3, -0.25) is 0 Å². The summed E-state index contributed by atoms with van der Waals surface area (Å²) in [6, 6.07) is 0. The molecule has 0 aromatic rings. The molecule has 1 aliphatic carbocycles. The van der Waals surface area contributed by atoms with Crippen LogP contribution >= 0.6 is 11.6 Å². The van der Waals surface area contributed by atoms with Gasteiger partial charge in [0.15, 0.2) is 0 Å². The molecule has 1 rings (SSSR count). The molecule has 1 saturated carbocycles. The van der Waals surface area contributed by atoms with Crippen molar-refractivity contribution >= 4 is 21.6 Å². The van der Waals surface area contributed by atoms with Gasteiger partial charge in [0.2, 0.25) is 10.0 Å². The average molecular weight is 268 g/mol. The van der Waals surface area contributed by atoms with Crippen molar-refractivity contribution in [3.05, 3.63) is 0 Å². The first-order valence-electron chi connectivity index (χ1n) is 6.00. The molecule has 0 spiro atoms. The van der Waals surface area contributed by atoms with E-state index in [0.29, 0.717) is 18.2 Å². The van der Waals surface area contributed by atoms with E-state index in [4.69, 9.17) is 11.6 Å². The maximum atomic E-state index is 12.0. The summed E-state index contributed by atoms with van der Waals surface area (Å²) in [5.41, 5.74) is 0. The quantitative estimate of drug-likeness (QED) is 0.718. The highest BCUT2D eigenvalue weighted by Crippen LogP contribution is 2.25. The lowest BCUT2D eigenvalue weighted by Gasteiger charge is -2.25. The van der Waals surface area contributed by atoms with Crippen LogP contribution in [0.4, 0.5) is 0 Å². The summed E-state index contributed by atoms with van der Waals surface area (Å²) in [5, 5.41) is -0.133. The Morgan fingerprint density at radius 1 is 1.31 bits per heavy atom. The first kappa shape index (κ1) is 14.3. The fourth-order valence-electron chi connectivity index (χ4n) is 2.25. The second-order valence-electron chi connectivity index (χ2n) is 4.84. The Morgan fingerprint density at radius 3 is 2.38 bits per heavy atom. The maximum absolute atomic E-state index is 12.0. The zero-order chi connectivity index (χ0) is 12.2. The molecule has 1 atom stereocenters. The van der Waals surface area contributed by atoms with Crippen molar-refractivity contribution in [2.45, 2.75) is 44.4 Å². The molecule has 1 unspecified atom stereocenters. The third-order valence-corrected chi connectivity index (χ3v) is 5.28. The Balaban J connectivity index is 2.49. The highest BCUT2D eigenvalue weighted by atomic mass is 35.5. The molecule has 16 heavy (non-hydrogen) atoms.